The van der Waals surface area contributed by atoms with Gasteiger partial charge in [0.15, 0.2) is 11.5 Å². The van der Waals surface area contributed by atoms with Gasteiger partial charge in [-0.3, -0.25) is 4.79 Å². The van der Waals surface area contributed by atoms with E-state index in [1.165, 1.54) is 0 Å². The zero-order valence-electron chi connectivity index (χ0n) is 17.4. The Morgan fingerprint density at radius 1 is 1.29 bits per heavy atom. The summed E-state index contributed by atoms with van der Waals surface area (Å²) in [6.45, 7) is 8.23. The molecule has 28 heavy (non-hydrogen) atoms. The number of hydrogen-bond donors (Lipinski definition) is 1. The molecule has 0 saturated carbocycles. The molecule has 0 bridgehead atoms. The molecule has 0 unspecified atom stereocenters. The summed E-state index contributed by atoms with van der Waals surface area (Å²) < 4.78 is 16.6. The number of nitrogens with zero attached hydrogens (tertiary/aromatic N) is 1. The second kappa shape index (κ2) is 11.5. The smallest absolute Gasteiger partial charge is 0.251 e. The minimum Gasteiger partial charge on any atom is -0.493 e. The van der Waals surface area contributed by atoms with Crippen LogP contribution in [0.2, 0.25) is 5.02 Å². The summed E-state index contributed by atoms with van der Waals surface area (Å²) in [6, 6.07) is 3.31. The highest BCUT2D eigenvalue weighted by Gasteiger charge is 2.19. The van der Waals surface area contributed by atoms with Crippen molar-refractivity contribution in [2.75, 3.05) is 47.0 Å². The first-order chi connectivity index (χ1) is 13.4. The molecule has 1 aromatic rings. The quantitative estimate of drug-likeness (QED) is 0.636. The minimum absolute atomic E-state index is 0.166. The van der Waals surface area contributed by atoms with Gasteiger partial charge in [-0.15, -0.1) is 0 Å². The van der Waals surface area contributed by atoms with Crippen LogP contribution in [0.4, 0.5) is 0 Å². The first kappa shape index (κ1) is 22.8. The second-order valence-corrected chi connectivity index (χ2v) is 7.96. The summed E-state index contributed by atoms with van der Waals surface area (Å²) in [7, 11) is 3.31. The second-order valence-electron chi connectivity index (χ2n) is 7.55. The van der Waals surface area contributed by atoms with Crippen LogP contribution in [0, 0.1) is 5.92 Å². The van der Waals surface area contributed by atoms with Gasteiger partial charge in [0.1, 0.15) is 0 Å². The molecule has 7 heteroatoms. The molecule has 1 fully saturated rings. The maximum atomic E-state index is 12.5. The minimum atomic E-state index is -0.166. The van der Waals surface area contributed by atoms with Gasteiger partial charge >= 0.3 is 0 Å². The third kappa shape index (κ3) is 6.83. The largest absolute Gasteiger partial charge is 0.493 e. The van der Waals surface area contributed by atoms with Gasteiger partial charge in [0.25, 0.3) is 5.91 Å². The number of halogens is 1. The molecule has 1 heterocycles. The molecule has 0 radical (unpaired) electrons. The van der Waals surface area contributed by atoms with Crippen molar-refractivity contribution in [2.45, 2.75) is 39.2 Å². The Hall–Kier alpha value is -1.50. The summed E-state index contributed by atoms with van der Waals surface area (Å²) in [5.41, 5.74) is 0.469. The number of benzene rings is 1. The standard InChI is InChI=1S/C21H33ClN2O4/c1-15(2)7-12-28-20-18(22)13-16(14-19(20)27-4)21(25)23-8-11-24-9-5-17(26-3)6-10-24/h13-15,17H,5-12H2,1-4H3,(H,23,25). The summed E-state index contributed by atoms with van der Waals surface area (Å²) in [6.07, 6.45) is 3.36. The predicted octanol–water partition coefficient (Wildman–Crippen LogP) is 3.61. The highest BCUT2D eigenvalue weighted by molar-refractivity contribution is 6.32. The number of piperidine rings is 1. The molecule has 1 saturated heterocycles. The number of amides is 1. The highest BCUT2D eigenvalue weighted by Crippen LogP contribution is 2.36. The molecule has 0 aliphatic carbocycles. The first-order valence-corrected chi connectivity index (χ1v) is 10.4. The Morgan fingerprint density at radius 2 is 2.00 bits per heavy atom. The molecule has 2 rings (SSSR count). The molecular formula is C21H33ClN2O4. The van der Waals surface area contributed by atoms with Gasteiger partial charge in [-0.1, -0.05) is 25.4 Å². The fourth-order valence-electron chi connectivity index (χ4n) is 3.19. The molecule has 0 spiro atoms. The predicted molar refractivity (Wildman–Crippen MR) is 112 cm³/mol. The van der Waals surface area contributed by atoms with Crippen LogP contribution < -0.4 is 14.8 Å². The number of rotatable bonds is 10. The summed E-state index contributed by atoms with van der Waals surface area (Å²) >= 11 is 6.35. The van der Waals surface area contributed by atoms with Crippen LogP contribution in [-0.2, 0) is 4.74 Å². The zero-order valence-corrected chi connectivity index (χ0v) is 18.2. The van der Waals surface area contributed by atoms with E-state index in [9.17, 15) is 4.79 Å². The number of ether oxygens (including phenoxy) is 3. The van der Waals surface area contributed by atoms with Crippen LogP contribution in [-0.4, -0.2) is 63.9 Å². The van der Waals surface area contributed by atoms with Crippen molar-refractivity contribution in [2.24, 2.45) is 5.92 Å². The van der Waals surface area contributed by atoms with E-state index in [0.717, 1.165) is 38.9 Å². The number of hydrogen-bond acceptors (Lipinski definition) is 5. The van der Waals surface area contributed by atoms with Crippen molar-refractivity contribution in [3.05, 3.63) is 22.7 Å². The van der Waals surface area contributed by atoms with Crippen LogP contribution in [0.25, 0.3) is 0 Å². The van der Waals surface area contributed by atoms with Crippen LogP contribution in [0.15, 0.2) is 12.1 Å². The summed E-state index contributed by atoms with van der Waals surface area (Å²) in [5.74, 6) is 1.33. The lowest BCUT2D eigenvalue weighted by atomic mass is 10.1. The van der Waals surface area contributed by atoms with Crippen LogP contribution in [0.5, 0.6) is 11.5 Å². The lowest BCUT2D eigenvalue weighted by Gasteiger charge is -2.31. The van der Waals surface area contributed by atoms with E-state index in [1.54, 1.807) is 26.4 Å². The Bertz CT molecular complexity index is 631. The third-order valence-corrected chi connectivity index (χ3v) is 5.30. The third-order valence-electron chi connectivity index (χ3n) is 5.01. The van der Waals surface area contributed by atoms with Crippen molar-refractivity contribution >= 4 is 17.5 Å². The van der Waals surface area contributed by atoms with Gasteiger partial charge < -0.3 is 24.4 Å². The zero-order chi connectivity index (χ0) is 20.5. The van der Waals surface area contributed by atoms with Gasteiger partial charge in [0.2, 0.25) is 0 Å². The van der Waals surface area contributed by atoms with Gasteiger partial charge in [-0.2, -0.15) is 0 Å². The van der Waals surface area contributed by atoms with E-state index in [1.807, 2.05) is 0 Å². The molecule has 1 amide bonds. The van der Waals surface area contributed by atoms with Crippen molar-refractivity contribution in [3.63, 3.8) is 0 Å². The average molecular weight is 413 g/mol. The maximum Gasteiger partial charge on any atom is 0.251 e. The van der Waals surface area contributed by atoms with Gasteiger partial charge in [-0.05, 0) is 37.3 Å². The van der Waals surface area contributed by atoms with E-state index < -0.39 is 0 Å². The summed E-state index contributed by atoms with van der Waals surface area (Å²) in [5, 5.41) is 3.34. The molecular weight excluding hydrogens is 380 g/mol. The van der Waals surface area contributed by atoms with E-state index in [-0.39, 0.29) is 5.91 Å². The van der Waals surface area contributed by atoms with Crippen LogP contribution in [0.1, 0.15) is 43.5 Å². The lowest BCUT2D eigenvalue weighted by Crippen LogP contribution is -2.41. The van der Waals surface area contributed by atoms with E-state index >= 15 is 0 Å². The van der Waals surface area contributed by atoms with Crippen molar-refractivity contribution < 1.29 is 19.0 Å². The Labute approximate surface area is 173 Å². The first-order valence-electron chi connectivity index (χ1n) is 9.98. The van der Waals surface area contributed by atoms with Crippen molar-refractivity contribution in [3.8, 4) is 11.5 Å². The van der Waals surface area contributed by atoms with Crippen molar-refractivity contribution in [1.29, 1.82) is 0 Å². The fourth-order valence-corrected chi connectivity index (χ4v) is 3.45. The molecule has 1 aliphatic heterocycles. The van der Waals surface area contributed by atoms with Crippen LogP contribution >= 0.6 is 11.6 Å². The molecule has 6 nitrogen and oxygen atoms in total. The van der Waals surface area contributed by atoms with Crippen molar-refractivity contribution in [1.82, 2.24) is 10.2 Å². The highest BCUT2D eigenvalue weighted by atomic mass is 35.5. The fraction of sp³-hybridized carbons (Fsp3) is 0.667. The van der Waals surface area contributed by atoms with E-state index in [2.05, 4.69) is 24.1 Å². The average Bonchev–Trinajstić information content (AvgIpc) is 2.69. The normalized spacial score (nSPS) is 15.6. The van der Waals surface area contributed by atoms with E-state index in [0.29, 0.717) is 47.3 Å². The number of nitrogens with one attached hydrogen (secondary N) is 1. The number of likely N-dealkylation sites (tertiary alicyclic amines) is 1. The maximum absolute atomic E-state index is 12.5. The molecule has 158 valence electrons. The monoisotopic (exact) mass is 412 g/mol. The molecule has 1 aliphatic rings. The van der Waals surface area contributed by atoms with Crippen LogP contribution in [0.3, 0.4) is 0 Å². The number of carbonyl (C=O) groups is 1. The van der Waals surface area contributed by atoms with E-state index in [4.69, 9.17) is 25.8 Å². The number of carbonyl (C=O) groups excluding carboxylic acids is 1. The number of methoxy groups -OCH3 is 2. The molecule has 0 aromatic heterocycles. The Balaban J connectivity index is 1.87. The SMILES string of the molecule is COc1cc(C(=O)NCCN2CCC(OC)CC2)cc(Cl)c1OCCC(C)C. The van der Waals surface area contributed by atoms with Gasteiger partial charge in [0, 0.05) is 38.9 Å². The topological polar surface area (TPSA) is 60.0 Å². The molecule has 1 N–H and O–H groups in total. The van der Waals surface area contributed by atoms with Gasteiger partial charge in [-0.25, -0.2) is 0 Å². The Kier molecular flexibility index (Phi) is 9.35. The Morgan fingerprint density at radius 3 is 2.61 bits per heavy atom. The molecule has 0 atom stereocenters. The summed E-state index contributed by atoms with van der Waals surface area (Å²) in [4.78, 5) is 14.9. The van der Waals surface area contributed by atoms with Gasteiger partial charge in [0.05, 0.1) is 24.8 Å². The lowest BCUT2D eigenvalue weighted by molar-refractivity contribution is 0.0413. The molecule has 1 aromatic carbocycles.